The summed E-state index contributed by atoms with van der Waals surface area (Å²) in [4.78, 5) is 26.5. The van der Waals surface area contributed by atoms with Crippen LogP contribution in [0.5, 0.6) is 0 Å². The van der Waals surface area contributed by atoms with E-state index in [-0.39, 0.29) is 27.7 Å². The number of aliphatic hydroxyl groups is 1. The predicted octanol–water partition coefficient (Wildman–Crippen LogP) is 2.53. The molecule has 1 aromatic heterocycles. The highest BCUT2D eigenvalue weighted by molar-refractivity contribution is 8.02. The van der Waals surface area contributed by atoms with Gasteiger partial charge in [-0.25, -0.2) is 0 Å². The van der Waals surface area contributed by atoms with E-state index < -0.39 is 0 Å². The van der Waals surface area contributed by atoms with Gasteiger partial charge < -0.3 is 15.3 Å². The van der Waals surface area contributed by atoms with Crippen LogP contribution in [-0.4, -0.2) is 68.6 Å². The van der Waals surface area contributed by atoms with Gasteiger partial charge in [-0.1, -0.05) is 12.1 Å². The average Bonchev–Trinajstić information content (AvgIpc) is 3.40. The van der Waals surface area contributed by atoms with E-state index in [9.17, 15) is 14.7 Å². The Morgan fingerprint density at radius 3 is 2.67 bits per heavy atom. The van der Waals surface area contributed by atoms with Gasteiger partial charge in [0.25, 0.3) is 5.91 Å². The minimum atomic E-state index is -0.347. The SMILES string of the molecule is CN(CCc1c(C(=O)NCc2ccc(C#N)cc2)n[nH]c1C=O)CC1(SC(C)(C)CO)CC1. The molecule has 1 aliphatic carbocycles. The molecule has 8 nitrogen and oxygen atoms in total. The number of aromatic amines is 1. The first-order valence-corrected chi connectivity index (χ1v) is 11.8. The monoisotopic (exact) mass is 469 g/mol. The number of carbonyl (C=O) groups is 2. The second kappa shape index (κ2) is 10.5. The molecule has 33 heavy (non-hydrogen) atoms. The highest BCUT2D eigenvalue weighted by Gasteiger charge is 2.47. The van der Waals surface area contributed by atoms with E-state index in [1.54, 1.807) is 24.3 Å². The lowest BCUT2D eigenvalue weighted by Crippen LogP contribution is -2.35. The molecule has 3 N–H and O–H groups in total. The minimum absolute atomic E-state index is 0.141. The molecule has 0 saturated heterocycles. The van der Waals surface area contributed by atoms with Gasteiger partial charge in [-0.05, 0) is 57.9 Å². The number of rotatable bonds is 12. The van der Waals surface area contributed by atoms with Crippen LogP contribution in [0.25, 0.3) is 0 Å². The third-order valence-electron chi connectivity index (χ3n) is 5.75. The van der Waals surface area contributed by atoms with Crippen LogP contribution < -0.4 is 5.32 Å². The molecule has 0 bridgehead atoms. The number of aldehydes is 1. The number of aromatic nitrogens is 2. The van der Waals surface area contributed by atoms with E-state index >= 15 is 0 Å². The number of amides is 1. The molecule has 0 unspecified atom stereocenters. The van der Waals surface area contributed by atoms with E-state index in [0.717, 1.165) is 24.9 Å². The summed E-state index contributed by atoms with van der Waals surface area (Å²) in [5, 5.41) is 28.1. The van der Waals surface area contributed by atoms with Gasteiger partial charge in [0.15, 0.2) is 12.0 Å². The molecular formula is C24H31N5O3S. The number of carbonyl (C=O) groups excluding carboxylic acids is 2. The van der Waals surface area contributed by atoms with Crippen molar-refractivity contribution in [2.24, 2.45) is 0 Å². The molecule has 176 valence electrons. The third kappa shape index (κ3) is 6.67. The molecule has 1 heterocycles. The zero-order valence-corrected chi connectivity index (χ0v) is 20.2. The molecule has 0 aliphatic heterocycles. The molecule has 0 spiro atoms. The van der Waals surface area contributed by atoms with E-state index in [1.165, 1.54) is 0 Å². The summed E-state index contributed by atoms with van der Waals surface area (Å²) < 4.78 is -0.0149. The fourth-order valence-corrected chi connectivity index (χ4v) is 5.63. The van der Waals surface area contributed by atoms with Gasteiger partial charge in [-0.2, -0.15) is 10.4 Å². The fourth-order valence-electron chi connectivity index (χ4n) is 3.80. The van der Waals surface area contributed by atoms with Crippen molar-refractivity contribution in [2.45, 2.75) is 49.1 Å². The number of nitrogens with one attached hydrogen (secondary N) is 2. The lowest BCUT2D eigenvalue weighted by atomic mass is 10.1. The van der Waals surface area contributed by atoms with Crippen molar-refractivity contribution in [3.63, 3.8) is 0 Å². The first-order chi connectivity index (χ1) is 15.7. The van der Waals surface area contributed by atoms with Crippen LogP contribution in [0.15, 0.2) is 24.3 Å². The van der Waals surface area contributed by atoms with E-state index in [0.29, 0.717) is 42.6 Å². The average molecular weight is 470 g/mol. The quantitative estimate of drug-likeness (QED) is 0.408. The summed E-state index contributed by atoms with van der Waals surface area (Å²) in [5.41, 5.74) is 2.60. The van der Waals surface area contributed by atoms with Crippen LogP contribution in [0.1, 0.15) is 64.4 Å². The summed E-state index contributed by atoms with van der Waals surface area (Å²) in [6.07, 6.45) is 3.46. The van der Waals surface area contributed by atoms with E-state index in [2.05, 4.69) is 40.3 Å². The van der Waals surface area contributed by atoms with Crippen LogP contribution in [0, 0.1) is 11.3 Å². The number of aliphatic hydroxyl groups excluding tert-OH is 1. The summed E-state index contributed by atoms with van der Waals surface area (Å²) in [7, 11) is 2.04. The second-order valence-corrected chi connectivity index (χ2v) is 11.4. The minimum Gasteiger partial charge on any atom is -0.395 e. The molecule has 1 aromatic carbocycles. The van der Waals surface area contributed by atoms with Crippen LogP contribution >= 0.6 is 11.8 Å². The van der Waals surface area contributed by atoms with Crippen molar-refractivity contribution < 1.29 is 14.7 Å². The van der Waals surface area contributed by atoms with Gasteiger partial charge in [0.2, 0.25) is 0 Å². The number of benzene rings is 1. The Labute approximate surface area is 198 Å². The molecule has 1 fully saturated rings. The van der Waals surface area contributed by atoms with Crippen molar-refractivity contribution >= 4 is 24.0 Å². The molecule has 1 aliphatic rings. The highest BCUT2D eigenvalue weighted by Crippen LogP contribution is 2.53. The zero-order valence-electron chi connectivity index (χ0n) is 19.4. The van der Waals surface area contributed by atoms with E-state index in [1.807, 2.05) is 18.8 Å². The van der Waals surface area contributed by atoms with Gasteiger partial charge >= 0.3 is 0 Å². The summed E-state index contributed by atoms with van der Waals surface area (Å²) in [6, 6.07) is 9.05. The Morgan fingerprint density at radius 2 is 2.09 bits per heavy atom. The number of hydrogen-bond donors (Lipinski definition) is 3. The second-order valence-electron chi connectivity index (χ2n) is 9.26. The Kier molecular flexibility index (Phi) is 7.95. The molecule has 0 atom stereocenters. The van der Waals surface area contributed by atoms with Crippen molar-refractivity contribution in [3.05, 3.63) is 52.3 Å². The number of hydrogen-bond acceptors (Lipinski definition) is 7. The van der Waals surface area contributed by atoms with Crippen molar-refractivity contribution in [1.82, 2.24) is 20.4 Å². The van der Waals surface area contributed by atoms with Crippen LogP contribution in [0.2, 0.25) is 0 Å². The molecule has 2 aromatic rings. The molecule has 9 heteroatoms. The van der Waals surface area contributed by atoms with Gasteiger partial charge in [-0.3, -0.25) is 14.7 Å². The lowest BCUT2D eigenvalue weighted by molar-refractivity contribution is 0.0944. The summed E-state index contributed by atoms with van der Waals surface area (Å²) in [6.45, 7) is 6.12. The topological polar surface area (TPSA) is 122 Å². The highest BCUT2D eigenvalue weighted by atomic mass is 32.2. The normalized spacial score (nSPS) is 14.7. The largest absolute Gasteiger partial charge is 0.395 e. The molecule has 3 rings (SSSR count). The first kappa shape index (κ1) is 25.0. The predicted molar refractivity (Wildman–Crippen MR) is 128 cm³/mol. The smallest absolute Gasteiger partial charge is 0.272 e. The van der Waals surface area contributed by atoms with Crippen LogP contribution in [0.3, 0.4) is 0 Å². The van der Waals surface area contributed by atoms with Crippen molar-refractivity contribution in [3.8, 4) is 6.07 Å². The Morgan fingerprint density at radius 1 is 1.39 bits per heavy atom. The number of thioether (sulfide) groups is 1. The fraction of sp³-hybridized carbons (Fsp3) is 0.500. The Hall–Kier alpha value is -2.67. The van der Waals surface area contributed by atoms with Gasteiger partial charge in [0.1, 0.15) is 5.69 Å². The summed E-state index contributed by atoms with van der Waals surface area (Å²) in [5.74, 6) is -0.347. The number of nitriles is 1. The number of likely N-dealkylation sites (N-methyl/N-ethyl adjacent to an activating group) is 1. The Balaban J connectivity index is 1.59. The first-order valence-electron chi connectivity index (χ1n) is 11.0. The molecular weight excluding hydrogens is 438 g/mol. The number of H-pyrrole nitrogens is 1. The maximum atomic E-state index is 12.8. The van der Waals surface area contributed by atoms with Crippen molar-refractivity contribution in [1.29, 1.82) is 5.26 Å². The standard InChI is InChI=1S/C24H31N5O3S/c1-23(2,16-31)33-24(9-10-24)15-29(3)11-8-19-20(14-30)27-28-21(19)22(32)26-13-18-6-4-17(12-25)5-7-18/h4-7,14,31H,8-11,13,15-16H2,1-3H3,(H,26,32)(H,27,28). The Bertz CT molecular complexity index is 1020. The zero-order chi connectivity index (χ0) is 24.1. The lowest BCUT2D eigenvalue weighted by Gasteiger charge is -2.30. The van der Waals surface area contributed by atoms with Gasteiger partial charge in [0.05, 0.1) is 18.2 Å². The van der Waals surface area contributed by atoms with Crippen LogP contribution in [0.4, 0.5) is 0 Å². The molecule has 1 amide bonds. The molecule has 0 radical (unpaired) electrons. The van der Waals surface area contributed by atoms with Gasteiger partial charge in [0, 0.05) is 34.7 Å². The van der Waals surface area contributed by atoms with Gasteiger partial charge in [-0.15, -0.1) is 11.8 Å². The maximum absolute atomic E-state index is 12.8. The van der Waals surface area contributed by atoms with Crippen molar-refractivity contribution in [2.75, 3.05) is 26.7 Å². The van der Waals surface area contributed by atoms with Crippen LogP contribution in [-0.2, 0) is 13.0 Å². The summed E-state index contributed by atoms with van der Waals surface area (Å²) >= 11 is 1.84. The van der Waals surface area contributed by atoms with E-state index in [4.69, 9.17) is 5.26 Å². The maximum Gasteiger partial charge on any atom is 0.272 e. The molecule has 1 saturated carbocycles. The number of nitrogens with zero attached hydrogens (tertiary/aromatic N) is 3. The third-order valence-corrected chi connectivity index (χ3v) is 7.40.